The highest BCUT2D eigenvalue weighted by molar-refractivity contribution is 5.34. The number of nitrogens with one attached hydrogen (secondary N) is 2. The van der Waals surface area contributed by atoms with E-state index in [2.05, 4.69) is 46.4 Å². The molecule has 0 unspecified atom stereocenters. The zero-order chi connectivity index (χ0) is 10.6. The first-order valence-electron chi connectivity index (χ1n) is 4.72. The summed E-state index contributed by atoms with van der Waals surface area (Å²) in [4.78, 5) is 12.2. The molecule has 0 saturated carbocycles. The zero-order valence-corrected chi connectivity index (χ0v) is 9.13. The Morgan fingerprint density at radius 2 is 1.86 bits per heavy atom. The molecule has 78 valence electrons. The minimum Gasteiger partial charge on any atom is -0.354 e. The minimum atomic E-state index is -0.0369. The van der Waals surface area contributed by atoms with Crippen LogP contribution < -0.4 is 10.6 Å². The summed E-state index contributed by atoms with van der Waals surface area (Å²) in [5.41, 5.74) is -0.0369. The Balaban J connectivity index is 2.73. The third kappa shape index (κ3) is 3.55. The van der Waals surface area contributed by atoms with E-state index in [0.29, 0.717) is 11.9 Å². The van der Waals surface area contributed by atoms with Crippen LogP contribution in [0.2, 0.25) is 0 Å². The van der Waals surface area contributed by atoms with Crippen LogP contribution in [0.4, 0.5) is 11.9 Å². The van der Waals surface area contributed by atoms with E-state index >= 15 is 0 Å². The van der Waals surface area contributed by atoms with Crippen LogP contribution in [0, 0.1) is 0 Å². The first kappa shape index (κ1) is 10.7. The fourth-order valence-electron chi connectivity index (χ4n) is 0.935. The van der Waals surface area contributed by atoms with Crippen molar-refractivity contribution in [3.8, 4) is 0 Å². The third-order valence-corrected chi connectivity index (χ3v) is 1.39. The summed E-state index contributed by atoms with van der Waals surface area (Å²) in [6, 6.07) is 0. The van der Waals surface area contributed by atoms with Gasteiger partial charge >= 0.3 is 0 Å². The lowest BCUT2D eigenvalue weighted by molar-refractivity contribution is 0.625. The van der Waals surface area contributed by atoms with E-state index < -0.39 is 0 Å². The van der Waals surface area contributed by atoms with Crippen molar-refractivity contribution in [2.45, 2.75) is 33.2 Å². The molecule has 0 amide bonds. The molecule has 1 aromatic heterocycles. The maximum Gasteiger partial charge on any atom is 0.227 e. The quantitative estimate of drug-likeness (QED) is 0.765. The summed E-state index contributed by atoms with van der Waals surface area (Å²) >= 11 is 0. The van der Waals surface area contributed by atoms with Gasteiger partial charge in [-0.1, -0.05) is 0 Å². The van der Waals surface area contributed by atoms with Gasteiger partial charge in [0.25, 0.3) is 0 Å². The normalized spacial score (nSPS) is 11.1. The molecule has 0 aliphatic carbocycles. The van der Waals surface area contributed by atoms with Crippen LogP contribution in [-0.4, -0.2) is 27.0 Å². The molecule has 0 saturated heterocycles. The number of hydrogen-bond acceptors (Lipinski definition) is 5. The van der Waals surface area contributed by atoms with Crippen molar-refractivity contribution in [2.24, 2.45) is 0 Å². The van der Waals surface area contributed by atoms with Gasteiger partial charge < -0.3 is 10.6 Å². The monoisotopic (exact) mass is 195 g/mol. The molecule has 1 rings (SSSR count). The van der Waals surface area contributed by atoms with Crippen molar-refractivity contribution in [3.63, 3.8) is 0 Å². The molecular formula is C9H17N5. The fraction of sp³-hybridized carbons (Fsp3) is 0.667. The molecule has 0 spiro atoms. The van der Waals surface area contributed by atoms with Gasteiger partial charge in [0, 0.05) is 12.1 Å². The van der Waals surface area contributed by atoms with Gasteiger partial charge in [-0.25, -0.2) is 9.97 Å². The third-order valence-electron chi connectivity index (χ3n) is 1.39. The standard InChI is InChI=1S/C9H17N5/c1-5-10-7-11-6-12-8(13-7)14-9(2,3)4/h6H,5H2,1-4H3,(H2,10,11,12,13,14). The molecule has 1 heterocycles. The average Bonchev–Trinajstić information content (AvgIpc) is 2.02. The highest BCUT2D eigenvalue weighted by Gasteiger charge is 2.11. The lowest BCUT2D eigenvalue weighted by Crippen LogP contribution is -2.27. The van der Waals surface area contributed by atoms with Crippen molar-refractivity contribution in [1.29, 1.82) is 0 Å². The Morgan fingerprint density at radius 1 is 1.21 bits per heavy atom. The first-order valence-corrected chi connectivity index (χ1v) is 4.72. The van der Waals surface area contributed by atoms with Gasteiger partial charge in [-0.2, -0.15) is 4.98 Å². The summed E-state index contributed by atoms with van der Waals surface area (Å²) in [5.74, 6) is 1.21. The molecule has 0 aliphatic heterocycles. The van der Waals surface area contributed by atoms with E-state index in [1.807, 2.05) is 6.92 Å². The summed E-state index contributed by atoms with van der Waals surface area (Å²) in [7, 11) is 0. The van der Waals surface area contributed by atoms with Crippen molar-refractivity contribution in [1.82, 2.24) is 15.0 Å². The number of anilines is 2. The highest BCUT2D eigenvalue weighted by Crippen LogP contribution is 2.09. The number of hydrogen-bond donors (Lipinski definition) is 2. The molecule has 0 radical (unpaired) electrons. The molecule has 0 aliphatic rings. The smallest absolute Gasteiger partial charge is 0.227 e. The van der Waals surface area contributed by atoms with Crippen LogP contribution in [0.3, 0.4) is 0 Å². The van der Waals surface area contributed by atoms with Crippen LogP contribution in [0.25, 0.3) is 0 Å². The molecule has 5 nitrogen and oxygen atoms in total. The van der Waals surface area contributed by atoms with Crippen LogP contribution >= 0.6 is 0 Å². The molecule has 5 heteroatoms. The lowest BCUT2D eigenvalue weighted by Gasteiger charge is -2.20. The van der Waals surface area contributed by atoms with Gasteiger partial charge in [-0.15, -0.1) is 0 Å². The van der Waals surface area contributed by atoms with E-state index in [1.165, 1.54) is 6.33 Å². The molecule has 0 atom stereocenters. The first-order chi connectivity index (χ1) is 6.51. The van der Waals surface area contributed by atoms with Crippen LogP contribution in [0.15, 0.2) is 6.33 Å². The van der Waals surface area contributed by atoms with E-state index in [9.17, 15) is 0 Å². The molecule has 0 fully saturated rings. The number of nitrogens with zero attached hydrogens (tertiary/aromatic N) is 3. The Kier molecular flexibility index (Phi) is 3.22. The van der Waals surface area contributed by atoms with Crippen LogP contribution in [0.1, 0.15) is 27.7 Å². The van der Waals surface area contributed by atoms with Crippen LogP contribution in [0.5, 0.6) is 0 Å². The second kappa shape index (κ2) is 4.21. The van der Waals surface area contributed by atoms with E-state index in [4.69, 9.17) is 0 Å². The Bertz CT molecular complexity index is 291. The van der Waals surface area contributed by atoms with Gasteiger partial charge in [0.05, 0.1) is 0 Å². The molecule has 14 heavy (non-hydrogen) atoms. The molecular weight excluding hydrogens is 178 g/mol. The number of aromatic nitrogens is 3. The van der Waals surface area contributed by atoms with Crippen LogP contribution in [-0.2, 0) is 0 Å². The van der Waals surface area contributed by atoms with Crippen molar-refractivity contribution in [3.05, 3.63) is 6.33 Å². The Labute approximate surface area is 84.4 Å². The Hall–Kier alpha value is -1.39. The second-order valence-electron chi connectivity index (χ2n) is 4.04. The van der Waals surface area contributed by atoms with Gasteiger partial charge in [0.1, 0.15) is 6.33 Å². The van der Waals surface area contributed by atoms with E-state index in [0.717, 1.165) is 6.54 Å². The van der Waals surface area contributed by atoms with E-state index in [-0.39, 0.29) is 5.54 Å². The van der Waals surface area contributed by atoms with Crippen molar-refractivity contribution < 1.29 is 0 Å². The lowest BCUT2D eigenvalue weighted by atomic mass is 10.1. The molecule has 1 aromatic rings. The molecule has 0 aromatic carbocycles. The molecule has 0 bridgehead atoms. The summed E-state index contributed by atoms with van der Waals surface area (Å²) in [6.45, 7) is 8.98. The topological polar surface area (TPSA) is 62.7 Å². The van der Waals surface area contributed by atoms with Crippen molar-refractivity contribution >= 4 is 11.9 Å². The zero-order valence-electron chi connectivity index (χ0n) is 9.13. The van der Waals surface area contributed by atoms with Gasteiger partial charge in [0.2, 0.25) is 11.9 Å². The summed E-state index contributed by atoms with van der Waals surface area (Å²) in [5, 5.41) is 6.21. The minimum absolute atomic E-state index is 0.0369. The van der Waals surface area contributed by atoms with Gasteiger partial charge in [0.15, 0.2) is 0 Å². The maximum atomic E-state index is 4.20. The highest BCUT2D eigenvalue weighted by atomic mass is 15.2. The van der Waals surface area contributed by atoms with Gasteiger partial charge in [-0.3, -0.25) is 0 Å². The maximum absolute atomic E-state index is 4.20. The van der Waals surface area contributed by atoms with Crippen molar-refractivity contribution in [2.75, 3.05) is 17.2 Å². The predicted octanol–water partition coefficient (Wildman–Crippen LogP) is 1.51. The SMILES string of the molecule is CCNc1ncnc(NC(C)(C)C)n1. The summed E-state index contributed by atoms with van der Waals surface area (Å²) < 4.78 is 0. The largest absolute Gasteiger partial charge is 0.354 e. The van der Waals surface area contributed by atoms with Gasteiger partial charge in [-0.05, 0) is 27.7 Å². The molecule has 2 N–H and O–H groups in total. The second-order valence-corrected chi connectivity index (χ2v) is 4.04. The predicted molar refractivity (Wildman–Crippen MR) is 57.4 cm³/mol. The average molecular weight is 195 g/mol. The fourth-order valence-corrected chi connectivity index (χ4v) is 0.935. The van der Waals surface area contributed by atoms with E-state index in [1.54, 1.807) is 0 Å². The number of rotatable bonds is 3. The summed E-state index contributed by atoms with van der Waals surface area (Å²) in [6.07, 6.45) is 1.50. The Morgan fingerprint density at radius 3 is 2.43 bits per heavy atom.